The molecule has 0 aliphatic carbocycles. The summed E-state index contributed by atoms with van der Waals surface area (Å²) < 4.78 is 94.3. The van der Waals surface area contributed by atoms with Gasteiger partial charge in [0.2, 0.25) is 0 Å². The molecule has 4 heterocycles. The number of halogens is 4. The molecule has 0 bridgehead atoms. The van der Waals surface area contributed by atoms with E-state index in [1.165, 1.54) is 48.5 Å². The summed E-state index contributed by atoms with van der Waals surface area (Å²) in [6, 6.07) is 98.6. The molecule has 0 spiro atoms. The Morgan fingerprint density at radius 3 is 0.693 bits per heavy atom. The molecule has 0 unspecified atom stereocenters. The zero-order chi connectivity index (χ0) is 93.4. The number of phenolic OH excluding ortho intramolecular Hbond substituents is 4. The average Bonchev–Trinajstić information content (AvgIpc) is 1.61. The van der Waals surface area contributed by atoms with Crippen LogP contribution >= 0.6 is 0 Å². The van der Waals surface area contributed by atoms with Crippen LogP contribution in [0.5, 0.6) is 46.0 Å². The fourth-order valence-corrected chi connectivity index (χ4v) is 27.8. The number of phenols is 4. The third-order valence-corrected chi connectivity index (χ3v) is 39.9. The summed E-state index contributed by atoms with van der Waals surface area (Å²) in [4.78, 5) is 0. The number of fused-ring (bicyclic) bond motifs is 12. The van der Waals surface area contributed by atoms with E-state index in [0.29, 0.717) is 115 Å². The van der Waals surface area contributed by atoms with Crippen LogP contribution in [0, 0.1) is 65.8 Å². The second-order valence-electron chi connectivity index (χ2n) is 37.1. The van der Waals surface area contributed by atoms with E-state index < -0.39 is 39.4 Å². The van der Waals surface area contributed by atoms with Gasteiger partial charge in [-0.3, -0.25) is 0 Å². The van der Waals surface area contributed by atoms with Crippen LogP contribution in [0.3, 0.4) is 0 Å². The molecule has 692 valence electrons. The van der Waals surface area contributed by atoms with E-state index in [1.807, 2.05) is 198 Å². The van der Waals surface area contributed by atoms with Crippen LogP contribution in [-0.4, -0.2) is 89.2 Å². The molecule has 16 aromatic carbocycles. The minimum atomic E-state index is -2.64. The van der Waals surface area contributed by atoms with Gasteiger partial charge in [-0.1, -0.05) is 201 Å². The number of hydrogen-bond donors (Lipinski definition) is 4. The third-order valence-electron chi connectivity index (χ3n) is 27.9. The van der Waals surface area contributed by atoms with Crippen molar-refractivity contribution in [1.82, 2.24) is 18.3 Å². The molecule has 4 aromatic heterocycles. The summed E-state index contributed by atoms with van der Waals surface area (Å²) in [5, 5.41) is 57.7. The van der Waals surface area contributed by atoms with E-state index >= 15 is 17.6 Å². The summed E-state index contributed by atoms with van der Waals surface area (Å²) in [6.07, 6.45) is 1.58. The molecular formula is C118H112F4HfN4O8Si2. The Morgan fingerprint density at radius 1 is 0.263 bits per heavy atom. The largest absolute Gasteiger partial charge is 0.585 e. The zero-order valence-electron chi connectivity index (χ0n) is 79.5. The maximum atomic E-state index is 15.4. The first-order valence-electron chi connectivity index (χ1n) is 45.8. The number of para-hydroxylation sites is 8. The molecule has 0 saturated heterocycles. The monoisotopic (exact) mass is 2020 g/mol. The number of hydrogen-bond acceptors (Lipinski definition) is 6. The van der Waals surface area contributed by atoms with Crippen LogP contribution in [0.4, 0.5) is 17.6 Å². The first kappa shape index (κ1) is 96.3. The molecule has 0 radical (unpaired) electrons. The Bertz CT molecular complexity index is 6870. The Labute approximate surface area is 817 Å². The molecule has 19 heteroatoms. The molecule has 0 amide bonds. The second-order valence-corrected chi connectivity index (χ2v) is 47.9. The first-order chi connectivity index (χ1) is 64.7. The van der Waals surface area contributed by atoms with Crippen molar-refractivity contribution >= 4 is 103 Å². The average molecular weight is 2020 g/mol. The minimum absolute atomic E-state index is 0. The van der Waals surface area contributed by atoms with Crippen molar-refractivity contribution in [1.29, 1.82) is 0 Å². The van der Waals surface area contributed by atoms with E-state index in [9.17, 15) is 20.4 Å². The van der Waals surface area contributed by atoms with Gasteiger partial charge in [0.05, 0.1) is 90.5 Å². The number of aromatic nitrogens is 4. The van der Waals surface area contributed by atoms with Gasteiger partial charge in [-0.25, -0.2) is 17.6 Å². The van der Waals surface area contributed by atoms with Crippen molar-refractivity contribution in [3.05, 3.63) is 376 Å². The number of benzene rings is 16. The fraction of sp³-hybridized carbons (Fsp3) is 0.169. The summed E-state index contributed by atoms with van der Waals surface area (Å²) >= 11 is 0. The SMILES string of the molecule is Cc1cc(-c2cc(F)ccc2OC[Si](COc2ccc(F)cc2-c2cc(C)cc(-n3c4ccccc4c4ccccc43)c2O)(C(C)C)C(C)C)c(O)c(-n2c3ccccc3c3ccccc32)c1.Cc1cc(-c2cc(F)ccc2[OH+]C[Si](C[OH+]c2ccc(F)cc2-c2cc(C)cc(-n3c4ccccc4c4ccccc43)c2O)(C(C)C)C(C)C)c(O)c(-n2c3ccccc3c3ccccc32)c1.[CH3-].[CH3-].[Hf]. The van der Waals surface area contributed by atoms with Gasteiger partial charge in [0.25, 0.3) is 19.6 Å². The van der Waals surface area contributed by atoms with Crippen molar-refractivity contribution in [2.75, 3.05) is 24.9 Å². The van der Waals surface area contributed by atoms with Crippen LogP contribution in [0.15, 0.2) is 315 Å². The fourth-order valence-electron chi connectivity index (χ4n) is 20.4. The third kappa shape index (κ3) is 17.4. The number of aliphatic hydroxyl groups is 2. The van der Waals surface area contributed by atoms with Gasteiger partial charge in [0, 0.05) is 114 Å². The number of aryl methyl sites for hydroxylation is 4. The van der Waals surface area contributed by atoms with Gasteiger partial charge in [-0.15, -0.1) is 0 Å². The van der Waals surface area contributed by atoms with Crippen molar-refractivity contribution < 1.29 is 82.8 Å². The number of ether oxygens (including phenoxy) is 4. The van der Waals surface area contributed by atoms with Crippen molar-refractivity contribution in [3.8, 4) is 113 Å². The van der Waals surface area contributed by atoms with Crippen LogP contribution in [0.1, 0.15) is 77.6 Å². The van der Waals surface area contributed by atoms with Crippen molar-refractivity contribution in [2.45, 2.75) is 105 Å². The molecule has 137 heavy (non-hydrogen) atoms. The van der Waals surface area contributed by atoms with E-state index in [4.69, 9.17) is 18.9 Å². The molecule has 0 aliphatic rings. The molecule has 6 N–H and O–H groups in total. The normalized spacial score (nSPS) is 11.8. The van der Waals surface area contributed by atoms with Crippen LogP contribution in [0.2, 0.25) is 22.2 Å². The molecule has 0 fully saturated rings. The van der Waals surface area contributed by atoms with Gasteiger partial charge in [0.1, 0.15) is 65.8 Å². The number of aromatic hydroxyl groups is 6. The first-order valence-corrected chi connectivity index (χ1v) is 50.9. The molecule has 12 nitrogen and oxygen atoms in total. The summed E-state index contributed by atoms with van der Waals surface area (Å²) in [6.45, 7) is 25.6. The maximum Gasteiger partial charge on any atom is 0.267 e. The summed E-state index contributed by atoms with van der Waals surface area (Å²) in [5.74, 6) is 0.386. The minimum Gasteiger partial charge on any atom is -0.585 e. The predicted molar refractivity (Wildman–Crippen MR) is 559 cm³/mol. The molecule has 0 atom stereocenters. The van der Waals surface area contributed by atoms with Gasteiger partial charge in [-0.2, -0.15) is 0 Å². The van der Waals surface area contributed by atoms with E-state index in [0.717, 1.165) is 109 Å². The Hall–Kier alpha value is -13.9. The number of rotatable bonds is 24. The summed E-state index contributed by atoms with van der Waals surface area (Å²) in [7, 11) is -5.16. The zero-order valence-corrected chi connectivity index (χ0v) is 85.1. The Balaban J connectivity index is 0.000000194. The predicted octanol–water partition coefficient (Wildman–Crippen LogP) is 31.3. The smallest absolute Gasteiger partial charge is 0.267 e. The molecule has 0 aliphatic heterocycles. The van der Waals surface area contributed by atoms with Gasteiger partial charge in [0.15, 0.2) is 12.5 Å². The standard InChI is InChI=1S/2C58H52F2N2O4Si.2CH3.Hf/c2*1-35(2)67(36(3)4,33-65-55-25-23-39(59)31-45(55)47-27-37(5)29-53(57(47)63)61-49-19-11-7-15-41(49)42-16-8-12-20-50(42)61)34-66-56-26-24-40(60)32-46(56)48-28-38(6)30-54(58(48)64)62-51-21-13-9-17-43(51)44-18-10-14-22-52(44)62;;;/h2*7-32,35-36,63-64H,33-34H2,1-6H3;2*1H3;/q;;2*-1;/p+2. The van der Waals surface area contributed by atoms with Crippen LogP contribution < -0.4 is 9.47 Å². The molecule has 20 rings (SSSR count). The molecule has 20 aromatic rings. The summed E-state index contributed by atoms with van der Waals surface area (Å²) in [5.41, 5.74) is 18.1. The molecule has 0 saturated carbocycles. The molecular weight excluding hydrogens is 1910 g/mol. The van der Waals surface area contributed by atoms with E-state index in [1.54, 1.807) is 24.3 Å². The van der Waals surface area contributed by atoms with Crippen molar-refractivity contribution in [2.24, 2.45) is 0 Å². The topological polar surface area (TPSA) is 145 Å². The van der Waals surface area contributed by atoms with Gasteiger partial charge in [-0.05, 0) is 230 Å². The number of nitrogens with zero attached hydrogens (tertiary/aromatic N) is 4. The van der Waals surface area contributed by atoms with E-state index in [-0.39, 0.29) is 85.9 Å². The Morgan fingerprint density at radius 2 is 0.467 bits per heavy atom. The van der Waals surface area contributed by atoms with Crippen molar-refractivity contribution in [3.63, 3.8) is 0 Å². The van der Waals surface area contributed by atoms with Gasteiger partial charge < -0.3 is 72.5 Å². The second kappa shape index (κ2) is 39.1. The van der Waals surface area contributed by atoms with Gasteiger partial charge >= 0.3 is 0 Å². The quantitative estimate of drug-likeness (QED) is 0.0205. The van der Waals surface area contributed by atoms with Crippen LogP contribution in [-0.2, 0) is 25.8 Å². The Kier molecular flexibility index (Phi) is 27.5. The van der Waals surface area contributed by atoms with Crippen LogP contribution in [0.25, 0.3) is 154 Å². The maximum absolute atomic E-state index is 15.4. The van der Waals surface area contributed by atoms with E-state index in [2.05, 4.69) is 146 Å².